The number of carbonyl (C=O) groups excluding carboxylic acids is 7. The molecule has 2 N–H and O–H groups in total. The van der Waals surface area contributed by atoms with E-state index in [-0.39, 0.29) is 82.9 Å². The number of fused-ring (bicyclic) bond motifs is 2. The van der Waals surface area contributed by atoms with Gasteiger partial charge in [-0.25, -0.2) is 0 Å². The fourth-order valence-corrected chi connectivity index (χ4v) is 7.24. The maximum absolute atomic E-state index is 13.0. The molecule has 0 aliphatic carbocycles. The number of esters is 3. The lowest BCUT2D eigenvalue weighted by atomic mass is 9.77. The van der Waals surface area contributed by atoms with Gasteiger partial charge in [-0.3, -0.25) is 38.4 Å². The van der Waals surface area contributed by atoms with E-state index in [0.29, 0.717) is 42.3 Å². The highest BCUT2D eigenvalue weighted by Crippen LogP contribution is 2.49. The summed E-state index contributed by atoms with van der Waals surface area (Å²) in [5, 5.41) is 13.8. The minimum atomic E-state index is -1.14. The topological polar surface area (TPSA) is 223 Å². The predicted octanol–water partition coefficient (Wildman–Crippen LogP) is 13.7. The van der Waals surface area contributed by atoms with Crippen LogP contribution in [0.5, 0.6) is 23.0 Å². The monoisotopic (exact) mass is 1200 g/mol. The first-order chi connectivity index (χ1) is 37.4. The first kappa shape index (κ1) is 73.2. The first-order valence-electron chi connectivity index (χ1n) is 26.4. The minimum absolute atomic E-state index is 0.0325. The summed E-state index contributed by atoms with van der Waals surface area (Å²) in [6.45, 7) is 33.4. The summed E-state index contributed by atoms with van der Waals surface area (Å²) in [7, 11) is 0. The molecule has 2 aliphatic rings. The summed E-state index contributed by atoms with van der Waals surface area (Å²) in [4.78, 5) is 84.4. The van der Waals surface area contributed by atoms with Gasteiger partial charge in [-0.2, -0.15) is 0 Å². The van der Waals surface area contributed by atoms with Gasteiger partial charge in [0.2, 0.25) is 10.5 Å². The quantitative estimate of drug-likeness (QED) is 0.0394. The smallest absolute Gasteiger partial charge is 0.323 e. The average Bonchev–Trinajstić information content (AvgIpc) is 3.90. The average molecular weight is 1210 g/mol. The molecule has 4 aromatic carbocycles. The Morgan fingerprint density at radius 3 is 1.06 bits per heavy atom. The number of aliphatic hydroxyl groups excluding tert-OH is 1. The van der Waals surface area contributed by atoms with Gasteiger partial charge in [-0.1, -0.05) is 159 Å². The maximum atomic E-state index is 13.0. The van der Waals surface area contributed by atoms with Crippen molar-refractivity contribution in [2.45, 2.75) is 170 Å². The third-order valence-electron chi connectivity index (χ3n) is 11.8. The number of aliphatic hydroxyl groups is 1. The Labute approximate surface area is 497 Å². The van der Waals surface area contributed by atoms with E-state index < -0.39 is 28.3 Å². The van der Waals surface area contributed by atoms with E-state index in [9.17, 15) is 38.4 Å². The molecular weight excluding hydrogens is 1130 g/mol. The first-order valence-corrected chi connectivity index (χ1v) is 27.9. The number of halogens is 4. The Balaban J connectivity index is 0.000000601. The van der Waals surface area contributed by atoms with Crippen molar-refractivity contribution < 1.29 is 72.3 Å². The Morgan fingerprint density at radius 1 is 0.494 bits per heavy atom. The number of hydrogen-bond donors (Lipinski definition) is 2. The van der Waals surface area contributed by atoms with Crippen LogP contribution in [0.4, 0.5) is 0 Å². The van der Waals surface area contributed by atoms with Gasteiger partial charge in [0.25, 0.3) is 0 Å². The molecule has 6 rings (SSSR count). The summed E-state index contributed by atoms with van der Waals surface area (Å²) in [5.74, 6) is 0.340. The van der Waals surface area contributed by atoms with Crippen molar-refractivity contribution in [2.24, 2.45) is 0 Å². The predicted molar refractivity (Wildman–Crippen MR) is 317 cm³/mol. The Bertz CT molecular complexity index is 2730. The van der Waals surface area contributed by atoms with Gasteiger partial charge in [-0.05, 0) is 115 Å². The fourth-order valence-electron chi connectivity index (χ4n) is 7.24. The molecule has 0 saturated carbocycles. The molecule has 19 heteroatoms. The summed E-state index contributed by atoms with van der Waals surface area (Å²) in [6, 6.07) is 23.5. The van der Waals surface area contributed by atoms with Crippen LogP contribution in [0.25, 0.3) is 0 Å². The van der Waals surface area contributed by atoms with E-state index in [1.165, 1.54) is 11.1 Å². The number of carboxylic acids is 1. The van der Waals surface area contributed by atoms with Crippen molar-refractivity contribution in [3.8, 4) is 23.0 Å². The molecule has 15 nitrogen and oxygen atoms in total. The Morgan fingerprint density at radius 2 is 0.815 bits per heavy atom. The van der Waals surface area contributed by atoms with E-state index in [0.717, 1.165) is 33.4 Å². The molecule has 0 bridgehead atoms. The van der Waals surface area contributed by atoms with Crippen LogP contribution in [0, 0.1) is 0 Å². The molecule has 446 valence electrons. The fraction of sp³-hybridized carbons (Fsp3) is 0.484. The number of aliphatic carboxylic acids is 1. The number of carbonyl (C=O) groups is 8. The molecule has 0 fully saturated rings. The van der Waals surface area contributed by atoms with Crippen molar-refractivity contribution in [1.82, 2.24) is 0 Å². The highest BCUT2D eigenvalue weighted by Gasteiger charge is 2.41. The minimum Gasteiger partial charge on any atom is -0.491 e. The Kier molecular flexibility index (Phi) is 30.1. The lowest BCUT2D eigenvalue weighted by Crippen LogP contribution is -2.17. The van der Waals surface area contributed by atoms with Gasteiger partial charge in [-0.15, -0.1) is 0 Å². The molecule has 4 aromatic rings. The zero-order chi connectivity index (χ0) is 62.4. The standard InChI is InChI=1S/C27H34O5.C24H30O4.2C3H5ClO.C3H6O2.C2Cl2O2/c1-8-22(28)31-14-13-30-19-11-9-17(10-12-19)23-20-15-18(26(2,3)4)16-21(27(5,6)7)24(20)32-25(23)29;1-23(2,3)16-13-18-20(15-7-9-17(10-8-15)27-12-11-25)22(26)28-21(18)19(14-16)24(4,5)6;3*1-2-3(4)5;3-1(5)2(4)6/h9-12,15-16,23H,8,13-14H2,1-7H3;7-10,13-14,20,25H,11-12H2,1-6H3;2*2H2,1H3;2H2,1H3,(H,4,5);. The molecule has 2 unspecified atom stereocenters. The maximum Gasteiger partial charge on any atom is 0.323 e. The summed E-state index contributed by atoms with van der Waals surface area (Å²) in [5.41, 5.74) is 7.73. The molecule has 0 saturated heterocycles. The number of ether oxygens (including phenoxy) is 5. The normalized spacial score (nSPS) is 14.0. The lowest BCUT2D eigenvalue weighted by Gasteiger charge is -2.27. The SMILES string of the molecule is CC(C)(C)c1cc2c(c(C(C)(C)C)c1)OC(=O)C2c1ccc(OCCO)cc1.CCC(=O)Cl.CCC(=O)Cl.CCC(=O)O.CCC(=O)OCCOc1ccc(C2C(=O)Oc3c2cc(C(C)(C)C)cc3C(C)(C)C)cc1.O=C(Cl)C(=O)Cl. The number of hydrogen-bond acceptors (Lipinski definition) is 14. The highest BCUT2D eigenvalue weighted by molar-refractivity contribution is 6.97. The van der Waals surface area contributed by atoms with Crippen molar-refractivity contribution in [3.63, 3.8) is 0 Å². The van der Waals surface area contributed by atoms with Crippen molar-refractivity contribution in [1.29, 1.82) is 0 Å². The molecular formula is C62H80Cl4O15. The van der Waals surface area contributed by atoms with Crippen molar-refractivity contribution in [2.75, 3.05) is 26.4 Å². The van der Waals surface area contributed by atoms with Crippen LogP contribution in [0.3, 0.4) is 0 Å². The van der Waals surface area contributed by atoms with Crippen molar-refractivity contribution >= 4 is 91.3 Å². The van der Waals surface area contributed by atoms with Crippen LogP contribution >= 0.6 is 46.4 Å². The highest BCUT2D eigenvalue weighted by atomic mass is 35.5. The molecule has 0 amide bonds. The van der Waals surface area contributed by atoms with Crippen LogP contribution in [0.15, 0.2) is 72.8 Å². The summed E-state index contributed by atoms with van der Waals surface area (Å²) >= 11 is 18.6. The van der Waals surface area contributed by atoms with Gasteiger partial charge in [0.1, 0.15) is 54.7 Å². The largest absolute Gasteiger partial charge is 0.491 e. The molecule has 2 atom stereocenters. The van der Waals surface area contributed by atoms with Crippen LogP contribution < -0.4 is 18.9 Å². The van der Waals surface area contributed by atoms with E-state index >= 15 is 0 Å². The van der Waals surface area contributed by atoms with Gasteiger partial charge in [0.05, 0.1) is 6.61 Å². The third kappa shape index (κ3) is 24.7. The van der Waals surface area contributed by atoms with Gasteiger partial charge < -0.3 is 33.9 Å². The molecule has 0 radical (unpaired) electrons. The van der Waals surface area contributed by atoms with Gasteiger partial charge in [0, 0.05) is 47.9 Å². The molecule has 2 aliphatic heterocycles. The van der Waals surface area contributed by atoms with Crippen LogP contribution in [-0.2, 0) is 64.8 Å². The van der Waals surface area contributed by atoms with E-state index in [1.54, 1.807) is 27.7 Å². The summed E-state index contributed by atoms with van der Waals surface area (Å²) in [6.07, 6.45) is 1.44. The number of benzene rings is 4. The Hall–Kier alpha value is -5.84. The zero-order valence-corrected chi connectivity index (χ0v) is 52.5. The van der Waals surface area contributed by atoms with Crippen LogP contribution in [0.2, 0.25) is 0 Å². The zero-order valence-electron chi connectivity index (χ0n) is 49.5. The van der Waals surface area contributed by atoms with Crippen LogP contribution in [-0.4, -0.2) is 81.5 Å². The lowest BCUT2D eigenvalue weighted by molar-refractivity contribution is -0.144. The number of carboxylic acid groups (broad SMARTS) is 1. The van der Waals surface area contributed by atoms with Crippen LogP contribution in [0.1, 0.15) is 193 Å². The van der Waals surface area contributed by atoms with Gasteiger partial charge in [0.15, 0.2) is 0 Å². The second-order valence-corrected chi connectivity index (χ2v) is 24.0. The molecule has 0 aromatic heterocycles. The van der Waals surface area contributed by atoms with E-state index in [1.807, 2.05) is 48.5 Å². The third-order valence-corrected chi connectivity index (χ3v) is 12.8. The molecule has 0 spiro atoms. The second-order valence-electron chi connectivity index (χ2n) is 22.4. The van der Waals surface area contributed by atoms with E-state index in [4.69, 9.17) is 57.1 Å². The summed E-state index contributed by atoms with van der Waals surface area (Å²) < 4.78 is 27.7. The molecule has 2 heterocycles. The molecule has 81 heavy (non-hydrogen) atoms. The number of rotatable bonds is 14. The van der Waals surface area contributed by atoms with Crippen molar-refractivity contribution in [3.05, 3.63) is 117 Å². The van der Waals surface area contributed by atoms with Gasteiger partial charge >= 0.3 is 34.4 Å². The van der Waals surface area contributed by atoms with E-state index in [2.05, 4.69) is 131 Å². The second kappa shape index (κ2) is 33.3.